The van der Waals surface area contributed by atoms with E-state index < -0.39 is 23.3 Å². The second-order valence-corrected chi connectivity index (χ2v) is 12.3. The van der Waals surface area contributed by atoms with E-state index in [-0.39, 0.29) is 6.10 Å². The summed E-state index contributed by atoms with van der Waals surface area (Å²) >= 11 is 2.72. The van der Waals surface area contributed by atoms with Gasteiger partial charge in [0, 0.05) is 31.7 Å². The number of amides is 1. The van der Waals surface area contributed by atoms with Crippen molar-refractivity contribution in [3.8, 4) is 0 Å². The third-order valence-electron chi connectivity index (χ3n) is 6.83. The average Bonchev–Trinajstić information content (AvgIpc) is 3.51. The molecule has 1 unspecified atom stereocenters. The normalized spacial score (nSPS) is 24.6. The van der Waals surface area contributed by atoms with E-state index in [1.807, 2.05) is 43.7 Å². The number of nitrogens with zero attached hydrogens (tertiary/aromatic N) is 1. The molecule has 2 aromatic heterocycles. The van der Waals surface area contributed by atoms with Crippen LogP contribution in [0, 0.1) is 5.92 Å². The molecular weight excluding hydrogens is 472 g/mol. The SMILES string of the molecule is CC(C)(C)OC(=O)NCCC[N+]12CCC(CC1)C(OC(=O)C(O)(c1cccs1)c1cccs1)C2. The third-order valence-corrected chi connectivity index (χ3v) is 8.79. The van der Waals surface area contributed by atoms with Crippen LogP contribution in [0.3, 0.4) is 0 Å². The molecule has 0 radical (unpaired) electrons. The lowest BCUT2D eigenvalue weighted by atomic mass is 9.83. The summed E-state index contributed by atoms with van der Waals surface area (Å²) in [5, 5.41) is 18.1. The van der Waals surface area contributed by atoms with Crippen molar-refractivity contribution in [2.75, 3.05) is 32.7 Å². The molecule has 34 heavy (non-hydrogen) atoms. The zero-order valence-corrected chi connectivity index (χ0v) is 21.8. The minimum atomic E-state index is -1.77. The van der Waals surface area contributed by atoms with Gasteiger partial charge in [0.15, 0.2) is 6.10 Å². The first-order valence-electron chi connectivity index (χ1n) is 11.9. The Labute approximate surface area is 209 Å². The molecule has 3 aliphatic rings. The number of hydrogen-bond acceptors (Lipinski definition) is 7. The fourth-order valence-corrected chi connectivity index (χ4v) is 6.82. The molecular formula is C25H35N2O5S2+. The lowest BCUT2D eigenvalue weighted by molar-refractivity contribution is -0.946. The van der Waals surface area contributed by atoms with Crippen molar-refractivity contribution in [2.24, 2.45) is 5.92 Å². The minimum Gasteiger partial charge on any atom is -0.453 e. The molecule has 5 heterocycles. The van der Waals surface area contributed by atoms with Crippen LogP contribution in [0.5, 0.6) is 0 Å². The third kappa shape index (κ3) is 5.48. The van der Waals surface area contributed by atoms with Crippen LogP contribution in [0.25, 0.3) is 0 Å². The Kier molecular flexibility index (Phi) is 7.38. The van der Waals surface area contributed by atoms with Gasteiger partial charge in [-0.2, -0.15) is 0 Å². The number of quaternary nitrogens is 1. The number of rotatable bonds is 8. The molecule has 0 aliphatic carbocycles. The highest BCUT2D eigenvalue weighted by Gasteiger charge is 2.51. The Bertz CT molecular complexity index is 926. The average molecular weight is 508 g/mol. The van der Waals surface area contributed by atoms with Gasteiger partial charge >= 0.3 is 12.1 Å². The molecule has 2 N–H and O–H groups in total. The second-order valence-electron chi connectivity index (χ2n) is 10.4. The van der Waals surface area contributed by atoms with Crippen molar-refractivity contribution >= 4 is 34.7 Å². The summed E-state index contributed by atoms with van der Waals surface area (Å²) in [6.07, 6.45) is 2.25. The summed E-state index contributed by atoms with van der Waals surface area (Å²) < 4.78 is 12.3. The monoisotopic (exact) mass is 507 g/mol. The summed E-state index contributed by atoms with van der Waals surface area (Å²) in [6.45, 7) is 9.90. The lowest BCUT2D eigenvalue weighted by Gasteiger charge is -2.52. The number of hydrogen-bond donors (Lipinski definition) is 2. The Hall–Kier alpha value is -1.94. The number of ether oxygens (including phenoxy) is 2. The molecule has 2 bridgehead atoms. The van der Waals surface area contributed by atoms with Crippen LogP contribution >= 0.6 is 22.7 Å². The molecule has 9 heteroatoms. The van der Waals surface area contributed by atoms with Crippen LogP contribution < -0.4 is 5.32 Å². The van der Waals surface area contributed by atoms with E-state index in [2.05, 4.69) is 5.32 Å². The zero-order chi connectivity index (χ0) is 24.4. The number of aliphatic hydroxyl groups is 1. The molecule has 0 spiro atoms. The van der Waals surface area contributed by atoms with Crippen LogP contribution in [0.4, 0.5) is 4.79 Å². The van der Waals surface area contributed by atoms with Gasteiger partial charge in [0.2, 0.25) is 5.60 Å². The number of fused-ring (bicyclic) bond motifs is 3. The molecule has 2 aromatic rings. The smallest absolute Gasteiger partial charge is 0.407 e. The number of piperidine rings is 3. The van der Waals surface area contributed by atoms with Gasteiger partial charge in [0.05, 0.1) is 29.4 Å². The van der Waals surface area contributed by atoms with Crippen molar-refractivity contribution in [3.05, 3.63) is 44.8 Å². The highest BCUT2D eigenvalue weighted by Crippen LogP contribution is 2.40. The summed E-state index contributed by atoms with van der Waals surface area (Å²) in [6, 6.07) is 7.25. The molecule has 5 rings (SSSR count). The summed E-state index contributed by atoms with van der Waals surface area (Å²) in [7, 11) is 0. The molecule has 3 aliphatic heterocycles. The quantitative estimate of drug-likeness (QED) is 0.319. The van der Waals surface area contributed by atoms with Gasteiger partial charge in [-0.1, -0.05) is 12.1 Å². The topological polar surface area (TPSA) is 84.9 Å². The maximum atomic E-state index is 13.4. The van der Waals surface area contributed by atoms with Gasteiger partial charge in [-0.25, -0.2) is 9.59 Å². The van der Waals surface area contributed by atoms with E-state index in [1.165, 1.54) is 22.7 Å². The van der Waals surface area contributed by atoms with Crippen molar-refractivity contribution in [1.82, 2.24) is 5.32 Å². The Morgan fingerprint density at radius 3 is 2.26 bits per heavy atom. The highest BCUT2D eigenvalue weighted by atomic mass is 32.1. The van der Waals surface area contributed by atoms with Gasteiger partial charge in [-0.05, 0) is 43.7 Å². The number of esters is 1. The molecule has 3 fully saturated rings. The first kappa shape index (κ1) is 25.2. The molecule has 3 saturated heterocycles. The highest BCUT2D eigenvalue weighted by molar-refractivity contribution is 7.12. The Morgan fingerprint density at radius 1 is 1.12 bits per heavy atom. The Balaban J connectivity index is 1.37. The van der Waals surface area contributed by atoms with Crippen molar-refractivity contribution < 1.29 is 28.7 Å². The van der Waals surface area contributed by atoms with Crippen molar-refractivity contribution in [3.63, 3.8) is 0 Å². The maximum Gasteiger partial charge on any atom is 0.407 e. The van der Waals surface area contributed by atoms with Crippen LogP contribution in [0.15, 0.2) is 35.0 Å². The zero-order valence-electron chi connectivity index (χ0n) is 20.1. The van der Waals surface area contributed by atoms with Crippen molar-refractivity contribution in [1.29, 1.82) is 0 Å². The van der Waals surface area contributed by atoms with Crippen LogP contribution in [-0.4, -0.2) is 66.1 Å². The van der Waals surface area contributed by atoms with E-state index in [0.717, 1.165) is 49.9 Å². The van der Waals surface area contributed by atoms with Crippen LogP contribution in [-0.2, 0) is 19.9 Å². The largest absolute Gasteiger partial charge is 0.453 e. The van der Waals surface area contributed by atoms with E-state index in [9.17, 15) is 14.7 Å². The standard InChI is InChI=1S/C25H34N2O5S2/c1-24(2,3)32-23(29)26-11-6-12-27-13-9-18(10-14-27)19(17-27)31-22(28)25(30,20-7-4-15-33-20)21-8-5-16-34-21/h4-5,7-8,15-16,18-19,30H,6,9-14,17H2,1-3H3/p+1. The predicted molar refractivity (Wildman–Crippen MR) is 133 cm³/mol. The number of carbonyl (C=O) groups excluding carboxylic acids is 2. The van der Waals surface area contributed by atoms with E-state index in [4.69, 9.17) is 9.47 Å². The van der Waals surface area contributed by atoms with Gasteiger partial charge in [0.25, 0.3) is 0 Å². The number of thiophene rings is 2. The van der Waals surface area contributed by atoms with E-state index in [1.54, 1.807) is 12.1 Å². The van der Waals surface area contributed by atoms with Gasteiger partial charge in [-0.15, -0.1) is 22.7 Å². The van der Waals surface area contributed by atoms with Gasteiger partial charge < -0.3 is 24.4 Å². The molecule has 0 saturated carbocycles. The fraction of sp³-hybridized carbons (Fsp3) is 0.600. The number of carbonyl (C=O) groups is 2. The summed E-state index contributed by atoms with van der Waals surface area (Å²) in [5.41, 5.74) is -2.28. The number of nitrogens with one attached hydrogen (secondary N) is 1. The van der Waals surface area contributed by atoms with Gasteiger partial charge in [-0.3, -0.25) is 0 Å². The fourth-order valence-electron chi connectivity index (χ4n) is 5.10. The predicted octanol–water partition coefficient (Wildman–Crippen LogP) is 4.11. The minimum absolute atomic E-state index is 0.208. The molecule has 186 valence electrons. The summed E-state index contributed by atoms with van der Waals surface area (Å²) in [5.74, 6) is -0.249. The number of alkyl carbamates (subject to hydrolysis) is 1. The van der Waals surface area contributed by atoms with Crippen LogP contribution in [0.2, 0.25) is 0 Å². The van der Waals surface area contributed by atoms with Crippen molar-refractivity contribution in [2.45, 2.75) is 57.3 Å². The second kappa shape index (κ2) is 9.97. The first-order valence-corrected chi connectivity index (χ1v) is 13.7. The summed E-state index contributed by atoms with van der Waals surface area (Å²) in [4.78, 5) is 26.5. The molecule has 0 aromatic carbocycles. The van der Waals surface area contributed by atoms with Gasteiger partial charge in [0.1, 0.15) is 12.1 Å². The molecule has 1 atom stereocenters. The molecule has 7 nitrogen and oxygen atoms in total. The van der Waals surface area contributed by atoms with Crippen LogP contribution in [0.1, 0.15) is 49.8 Å². The van der Waals surface area contributed by atoms with E-state index in [0.29, 0.717) is 22.2 Å². The first-order chi connectivity index (χ1) is 16.1. The van der Waals surface area contributed by atoms with E-state index >= 15 is 0 Å². The Morgan fingerprint density at radius 2 is 1.74 bits per heavy atom. The molecule has 1 amide bonds. The lowest BCUT2D eigenvalue weighted by Crippen LogP contribution is -2.65. The maximum absolute atomic E-state index is 13.4.